The summed E-state index contributed by atoms with van der Waals surface area (Å²) in [6, 6.07) is 4.83. The summed E-state index contributed by atoms with van der Waals surface area (Å²) in [5.74, 6) is 0.00291. The average Bonchev–Trinajstić information content (AvgIpc) is 2.36. The van der Waals surface area contributed by atoms with Crippen LogP contribution in [-0.4, -0.2) is 32.6 Å². The van der Waals surface area contributed by atoms with Gasteiger partial charge in [-0.1, -0.05) is 36.4 Å². The van der Waals surface area contributed by atoms with Crippen LogP contribution in [0.5, 0.6) is 5.75 Å². The van der Waals surface area contributed by atoms with Crippen molar-refractivity contribution in [3.63, 3.8) is 0 Å². The molecule has 4 nitrogen and oxygen atoms in total. The van der Waals surface area contributed by atoms with Gasteiger partial charge in [0.15, 0.2) is 0 Å². The van der Waals surface area contributed by atoms with Gasteiger partial charge in [-0.3, -0.25) is 0 Å². The van der Waals surface area contributed by atoms with Crippen molar-refractivity contribution in [1.29, 1.82) is 0 Å². The number of aliphatic hydroxyl groups excluding tert-OH is 3. The van der Waals surface area contributed by atoms with Crippen LogP contribution in [0.15, 0.2) is 36.4 Å². The Morgan fingerprint density at radius 3 is 2.44 bits per heavy atom. The Kier molecular flexibility index (Phi) is 5.58. The quantitative estimate of drug-likeness (QED) is 0.592. The smallest absolute Gasteiger partial charge is 0.121 e. The SMILES string of the molecule is CC=CC(O)C(O)C=Cc1cccc(O)c1CO. The molecule has 2 atom stereocenters. The van der Waals surface area contributed by atoms with Crippen molar-refractivity contribution in [2.24, 2.45) is 0 Å². The first kappa shape index (κ1) is 14.4. The Bertz CT molecular complexity index is 437. The molecule has 0 spiro atoms. The van der Waals surface area contributed by atoms with Gasteiger partial charge in [-0.05, 0) is 18.6 Å². The molecule has 0 aliphatic heterocycles. The predicted molar refractivity (Wildman–Crippen MR) is 69.9 cm³/mol. The zero-order valence-electron chi connectivity index (χ0n) is 10.2. The molecule has 0 saturated heterocycles. The van der Waals surface area contributed by atoms with E-state index in [0.29, 0.717) is 11.1 Å². The monoisotopic (exact) mass is 250 g/mol. The molecule has 1 rings (SSSR count). The van der Waals surface area contributed by atoms with Crippen molar-refractivity contribution in [3.8, 4) is 5.75 Å². The molecule has 2 unspecified atom stereocenters. The Morgan fingerprint density at radius 2 is 1.83 bits per heavy atom. The van der Waals surface area contributed by atoms with Crippen LogP contribution in [0.3, 0.4) is 0 Å². The van der Waals surface area contributed by atoms with E-state index < -0.39 is 12.2 Å². The van der Waals surface area contributed by atoms with Gasteiger partial charge < -0.3 is 20.4 Å². The van der Waals surface area contributed by atoms with Crippen LogP contribution in [0.1, 0.15) is 18.1 Å². The van der Waals surface area contributed by atoms with E-state index in [1.165, 1.54) is 18.2 Å². The fourth-order valence-electron chi connectivity index (χ4n) is 1.55. The maximum Gasteiger partial charge on any atom is 0.121 e. The highest BCUT2D eigenvalue weighted by Crippen LogP contribution is 2.22. The van der Waals surface area contributed by atoms with Crippen molar-refractivity contribution in [2.75, 3.05) is 0 Å². The minimum absolute atomic E-state index is 0.00291. The second kappa shape index (κ2) is 6.96. The Labute approximate surface area is 106 Å². The number of hydrogen-bond donors (Lipinski definition) is 4. The Balaban J connectivity index is 2.87. The fraction of sp³-hybridized carbons (Fsp3) is 0.286. The molecule has 0 heterocycles. The van der Waals surface area contributed by atoms with Gasteiger partial charge in [0, 0.05) is 5.56 Å². The molecular weight excluding hydrogens is 232 g/mol. The van der Waals surface area contributed by atoms with Crippen LogP contribution in [0, 0.1) is 0 Å². The van der Waals surface area contributed by atoms with E-state index in [-0.39, 0.29) is 12.4 Å². The highest BCUT2D eigenvalue weighted by molar-refractivity contribution is 5.58. The van der Waals surface area contributed by atoms with E-state index in [0.717, 1.165) is 0 Å². The number of aromatic hydroxyl groups is 1. The fourth-order valence-corrected chi connectivity index (χ4v) is 1.55. The van der Waals surface area contributed by atoms with Gasteiger partial charge in [-0.15, -0.1) is 0 Å². The van der Waals surface area contributed by atoms with Gasteiger partial charge in [-0.25, -0.2) is 0 Å². The molecule has 0 aromatic heterocycles. The second-order valence-corrected chi connectivity index (χ2v) is 3.87. The molecule has 0 amide bonds. The predicted octanol–water partition coefficient (Wildman–Crippen LogP) is 1.20. The largest absolute Gasteiger partial charge is 0.508 e. The minimum Gasteiger partial charge on any atom is -0.508 e. The molecule has 0 fully saturated rings. The first-order chi connectivity index (χ1) is 8.60. The van der Waals surface area contributed by atoms with Gasteiger partial charge >= 0.3 is 0 Å². The van der Waals surface area contributed by atoms with E-state index in [4.69, 9.17) is 5.11 Å². The lowest BCUT2D eigenvalue weighted by Crippen LogP contribution is -2.20. The van der Waals surface area contributed by atoms with Crippen molar-refractivity contribution in [1.82, 2.24) is 0 Å². The lowest BCUT2D eigenvalue weighted by Gasteiger charge is -2.10. The normalized spacial score (nSPS) is 15.3. The summed E-state index contributed by atoms with van der Waals surface area (Å²) in [5, 5.41) is 37.8. The van der Waals surface area contributed by atoms with E-state index in [1.54, 1.807) is 31.2 Å². The van der Waals surface area contributed by atoms with Crippen LogP contribution in [0.4, 0.5) is 0 Å². The first-order valence-electron chi connectivity index (χ1n) is 5.69. The number of allylic oxidation sites excluding steroid dienone is 1. The summed E-state index contributed by atoms with van der Waals surface area (Å²) in [7, 11) is 0. The van der Waals surface area contributed by atoms with Crippen LogP contribution < -0.4 is 0 Å². The average molecular weight is 250 g/mol. The molecular formula is C14H18O4. The molecule has 1 aromatic rings. The molecule has 0 saturated carbocycles. The number of rotatable bonds is 5. The van der Waals surface area contributed by atoms with E-state index in [2.05, 4.69) is 0 Å². The summed E-state index contributed by atoms with van der Waals surface area (Å²) in [4.78, 5) is 0. The number of hydrogen-bond acceptors (Lipinski definition) is 4. The van der Waals surface area contributed by atoms with Gasteiger partial charge in [0.05, 0.1) is 6.61 Å². The van der Waals surface area contributed by atoms with Crippen LogP contribution in [-0.2, 0) is 6.61 Å². The number of phenols is 1. The Hall–Kier alpha value is -1.62. The zero-order chi connectivity index (χ0) is 13.5. The van der Waals surface area contributed by atoms with Gasteiger partial charge in [0.2, 0.25) is 0 Å². The molecule has 4 N–H and O–H groups in total. The standard InChI is InChI=1S/C14H18O4/c1-2-4-13(17)14(18)8-7-10-5-3-6-12(16)11(10)9-15/h2-8,13-18H,9H2,1H3. The molecule has 0 bridgehead atoms. The van der Waals surface area contributed by atoms with E-state index in [9.17, 15) is 15.3 Å². The molecule has 0 aliphatic rings. The van der Waals surface area contributed by atoms with Crippen molar-refractivity contribution < 1.29 is 20.4 Å². The van der Waals surface area contributed by atoms with Crippen LogP contribution in [0.2, 0.25) is 0 Å². The molecule has 18 heavy (non-hydrogen) atoms. The molecule has 0 aliphatic carbocycles. The maximum atomic E-state index is 9.63. The summed E-state index contributed by atoms with van der Waals surface area (Å²) < 4.78 is 0. The van der Waals surface area contributed by atoms with Crippen molar-refractivity contribution >= 4 is 6.08 Å². The number of aliphatic hydroxyl groups is 3. The maximum absolute atomic E-state index is 9.63. The topological polar surface area (TPSA) is 80.9 Å². The highest BCUT2D eigenvalue weighted by atomic mass is 16.3. The van der Waals surface area contributed by atoms with Gasteiger partial charge in [0.1, 0.15) is 18.0 Å². The van der Waals surface area contributed by atoms with Crippen molar-refractivity contribution in [2.45, 2.75) is 25.7 Å². The summed E-state index contributed by atoms with van der Waals surface area (Å²) in [5.41, 5.74) is 0.991. The minimum atomic E-state index is -1.03. The number of benzene rings is 1. The molecule has 4 heteroatoms. The molecule has 1 aromatic carbocycles. The summed E-state index contributed by atoms with van der Waals surface area (Å²) in [6.45, 7) is 1.46. The molecule has 98 valence electrons. The van der Waals surface area contributed by atoms with Crippen LogP contribution >= 0.6 is 0 Å². The first-order valence-corrected chi connectivity index (χ1v) is 5.69. The zero-order valence-corrected chi connectivity index (χ0v) is 10.2. The third-order valence-corrected chi connectivity index (χ3v) is 2.56. The molecule has 0 radical (unpaired) electrons. The second-order valence-electron chi connectivity index (χ2n) is 3.87. The summed E-state index contributed by atoms with van der Waals surface area (Å²) >= 11 is 0. The third-order valence-electron chi connectivity index (χ3n) is 2.56. The van der Waals surface area contributed by atoms with E-state index in [1.807, 2.05) is 0 Å². The summed E-state index contributed by atoms with van der Waals surface area (Å²) in [6.07, 6.45) is 4.09. The lowest BCUT2D eigenvalue weighted by molar-refractivity contribution is 0.0812. The lowest BCUT2D eigenvalue weighted by atomic mass is 10.0. The third kappa shape index (κ3) is 3.70. The van der Waals surface area contributed by atoms with Crippen molar-refractivity contribution in [3.05, 3.63) is 47.6 Å². The highest BCUT2D eigenvalue weighted by Gasteiger charge is 2.09. The Morgan fingerprint density at radius 1 is 1.17 bits per heavy atom. The van der Waals surface area contributed by atoms with E-state index >= 15 is 0 Å². The van der Waals surface area contributed by atoms with Gasteiger partial charge in [0.25, 0.3) is 0 Å². The van der Waals surface area contributed by atoms with Crippen LogP contribution in [0.25, 0.3) is 6.08 Å². The van der Waals surface area contributed by atoms with Gasteiger partial charge in [-0.2, -0.15) is 0 Å².